The van der Waals surface area contributed by atoms with Gasteiger partial charge in [0.1, 0.15) is 12.4 Å². The number of aromatic carboxylic acids is 1. The van der Waals surface area contributed by atoms with E-state index in [1.165, 1.54) is 12.3 Å². The molecule has 0 aliphatic heterocycles. The lowest BCUT2D eigenvalue weighted by Gasteiger charge is -2.17. The van der Waals surface area contributed by atoms with Crippen molar-refractivity contribution in [3.05, 3.63) is 88.0 Å². The van der Waals surface area contributed by atoms with E-state index in [1.54, 1.807) is 24.3 Å². The molecule has 9 heteroatoms. The van der Waals surface area contributed by atoms with Crippen LogP contribution in [-0.2, 0) is 12.8 Å². The first-order chi connectivity index (χ1) is 15.7. The van der Waals surface area contributed by atoms with Gasteiger partial charge >= 0.3 is 12.1 Å². The molecule has 2 aromatic carbocycles. The van der Waals surface area contributed by atoms with Crippen molar-refractivity contribution in [2.24, 2.45) is 0 Å². The van der Waals surface area contributed by atoms with E-state index in [0.29, 0.717) is 52.4 Å². The monoisotopic (exact) mass is 474 g/mol. The average Bonchev–Trinajstić information content (AvgIpc) is 3.28. The first kappa shape index (κ1) is 22.8. The third-order valence-corrected chi connectivity index (χ3v) is 5.57. The molecule has 170 valence electrons. The van der Waals surface area contributed by atoms with Crippen molar-refractivity contribution in [1.29, 1.82) is 0 Å². The summed E-state index contributed by atoms with van der Waals surface area (Å²) >= 11 is 5.90. The maximum Gasteiger partial charge on any atom is 0.416 e. The number of nitrogens with zero attached hydrogens (tertiary/aromatic N) is 2. The predicted octanol–water partition coefficient (Wildman–Crippen LogP) is 6.52. The minimum absolute atomic E-state index is 0.145. The van der Waals surface area contributed by atoms with Crippen LogP contribution in [0.15, 0.2) is 54.9 Å². The highest BCUT2D eigenvalue weighted by atomic mass is 35.5. The Hall–Kier alpha value is -3.39. The van der Waals surface area contributed by atoms with Gasteiger partial charge in [-0.05, 0) is 66.3 Å². The number of halogens is 4. The van der Waals surface area contributed by atoms with Crippen LogP contribution in [0.5, 0.6) is 5.75 Å². The lowest BCUT2D eigenvalue weighted by Crippen LogP contribution is -2.07. The fourth-order valence-corrected chi connectivity index (χ4v) is 3.87. The molecule has 0 atom stereocenters. The summed E-state index contributed by atoms with van der Waals surface area (Å²) in [6.07, 6.45) is -0.226. The maximum absolute atomic E-state index is 13.5. The Morgan fingerprint density at radius 3 is 2.48 bits per heavy atom. The number of carboxylic acids is 1. The normalized spacial score (nSPS) is 13.9. The second-order valence-corrected chi connectivity index (χ2v) is 7.97. The van der Waals surface area contributed by atoms with Gasteiger partial charge in [-0.15, -0.1) is 0 Å². The Labute approximate surface area is 192 Å². The minimum atomic E-state index is -4.52. The quantitative estimate of drug-likeness (QED) is 0.440. The molecule has 0 saturated carbocycles. The summed E-state index contributed by atoms with van der Waals surface area (Å²) < 4.78 is 46.4. The molecule has 4 rings (SSSR count). The number of carboxylic acid groups (broad SMARTS) is 1. The van der Waals surface area contributed by atoms with Crippen LogP contribution in [0.3, 0.4) is 0 Å². The Kier molecular flexibility index (Phi) is 6.37. The van der Waals surface area contributed by atoms with E-state index in [1.807, 2.05) is 0 Å². The highest BCUT2D eigenvalue weighted by molar-refractivity contribution is 6.30. The van der Waals surface area contributed by atoms with E-state index in [-0.39, 0.29) is 12.3 Å². The first-order valence-corrected chi connectivity index (χ1v) is 10.5. The molecular weight excluding hydrogens is 457 g/mol. The van der Waals surface area contributed by atoms with E-state index in [4.69, 9.17) is 16.3 Å². The molecule has 0 unspecified atom stereocenters. The van der Waals surface area contributed by atoms with E-state index in [2.05, 4.69) is 9.97 Å². The number of hydrogen-bond donors (Lipinski definition) is 1. The van der Waals surface area contributed by atoms with Gasteiger partial charge in [0.2, 0.25) is 0 Å². The number of alkyl halides is 3. The second-order valence-electron chi connectivity index (χ2n) is 7.53. The van der Waals surface area contributed by atoms with Gasteiger partial charge in [0.15, 0.2) is 5.69 Å². The Bertz CT molecular complexity index is 1220. The third kappa shape index (κ3) is 5.17. The van der Waals surface area contributed by atoms with Crippen molar-refractivity contribution < 1.29 is 27.8 Å². The van der Waals surface area contributed by atoms with Gasteiger partial charge in [0, 0.05) is 10.6 Å². The van der Waals surface area contributed by atoms with Gasteiger partial charge in [-0.1, -0.05) is 23.7 Å². The molecule has 1 aliphatic carbocycles. The second kappa shape index (κ2) is 9.23. The summed E-state index contributed by atoms with van der Waals surface area (Å²) in [6.45, 7) is 0.145. The predicted molar refractivity (Wildman–Crippen MR) is 117 cm³/mol. The number of hydrogen-bond acceptors (Lipinski definition) is 4. The molecule has 5 nitrogen and oxygen atoms in total. The molecule has 3 aromatic rings. The SMILES string of the molecule is O=C(O)c1cncc(C2=C(c3cc(C(F)(F)F)ccc3OCc3ccc(Cl)cc3)CCC2)n1. The zero-order chi connectivity index (χ0) is 23.6. The summed E-state index contributed by atoms with van der Waals surface area (Å²) in [5.41, 5.74) is 1.75. The smallest absolute Gasteiger partial charge is 0.416 e. The van der Waals surface area contributed by atoms with Crippen LogP contribution in [0.2, 0.25) is 5.02 Å². The summed E-state index contributed by atoms with van der Waals surface area (Å²) in [4.78, 5) is 19.4. The van der Waals surface area contributed by atoms with E-state index >= 15 is 0 Å². The fraction of sp³-hybridized carbons (Fsp3) is 0.208. The highest BCUT2D eigenvalue weighted by Gasteiger charge is 2.32. The number of allylic oxidation sites excluding steroid dienone is 2. The summed E-state index contributed by atoms with van der Waals surface area (Å²) in [7, 11) is 0. The molecule has 33 heavy (non-hydrogen) atoms. The van der Waals surface area contributed by atoms with Crippen molar-refractivity contribution in [3.63, 3.8) is 0 Å². The van der Waals surface area contributed by atoms with Crippen LogP contribution in [-0.4, -0.2) is 21.0 Å². The van der Waals surface area contributed by atoms with Crippen molar-refractivity contribution >= 4 is 28.7 Å². The molecule has 0 spiro atoms. The van der Waals surface area contributed by atoms with Crippen LogP contribution in [0.25, 0.3) is 11.1 Å². The standard InChI is InChI=1S/C24H18ClF3N2O3/c25-16-7-4-14(5-8-16)13-33-22-9-6-15(24(26,27)28)10-19(22)17-2-1-3-18(17)20-11-29-12-21(30-20)23(31)32/h4-12H,1-3,13H2,(H,31,32). The van der Waals surface area contributed by atoms with Crippen molar-refractivity contribution in [2.75, 3.05) is 0 Å². The van der Waals surface area contributed by atoms with Crippen LogP contribution in [0, 0.1) is 0 Å². The summed E-state index contributed by atoms with van der Waals surface area (Å²) in [5, 5.41) is 9.80. The van der Waals surface area contributed by atoms with Gasteiger partial charge < -0.3 is 9.84 Å². The molecule has 0 radical (unpaired) electrons. The summed E-state index contributed by atoms with van der Waals surface area (Å²) in [6, 6.07) is 10.3. The number of carbonyl (C=O) groups is 1. The number of aromatic nitrogens is 2. The van der Waals surface area contributed by atoms with Crippen molar-refractivity contribution in [1.82, 2.24) is 9.97 Å². The molecule has 0 amide bonds. The topological polar surface area (TPSA) is 72.3 Å². The lowest BCUT2D eigenvalue weighted by atomic mass is 9.97. The highest BCUT2D eigenvalue weighted by Crippen LogP contribution is 2.44. The molecular formula is C24H18ClF3N2O3. The zero-order valence-electron chi connectivity index (χ0n) is 17.2. The number of rotatable bonds is 6. The van der Waals surface area contributed by atoms with Gasteiger partial charge in [0.25, 0.3) is 0 Å². The van der Waals surface area contributed by atoms with E-state index in [9.17, 15) is 23.1 Å². The first-order valence-electron chi connectivity index (χ1n) is 10.1. The van der Waals surface area contributed by atoms with Gasteiger partial charge in [-0.2, -0.15) is 13.2 Å². The van der Waals surface area contributed by atoms with Crippen LogP contribution < -0.4 is 4.74 Å². The Morgan fingerprint density at radius 2 is 1.79 bits per heavy atom. The van der Waals surface area contributed by atoms with Crippen molar-refractivity contribution in [2.45, 2.75) is 32.0 Å². The molecule has 1 N–H and O–H groups in total. The zero-order valence-corrected chi connectivity index (χ0v) is 18.0. The molecule has 1 aromatic heterocycles. The average molecular weight is 475 g/mol. The number of ether oxygens (including phenoxy) is 1. The van der Waals surface area contributed by atoms with E-state index in [0.717, 1.165) is 23.9 Å². The van der Waals surface area contributed by atoms with Gasteiger partial charge in [0.05, 0.1) is 23.7 Å². The van der Waals surface area contributed by atoms with Gasteiger partial charge in [-0.3, -0.25) is 4.98 Å². The molecule has 0 fully saturated rings. The fourth-order valence-electron chi connectivity index (χ4n) is 3.75. The number of benzene rings is 2. The van der Waals surface area contributed by atoms with Crippen molar-refractivity contribution in [3.8, 4) is 5.75 Å². The lowest BCUT2D eigenvalue weighted by molar-refractivity contribution is -0.137. The molecule has 1 aliphatic rings. The minimum Gasteiger partial charge on any atom is -0.488 e. The van der Waals surface area contributed by atoms with Crippen LogP contribution in [0.1, 0.15) is 52.1 Å². The Morgan fingerprint density at radius 1 is 1.06 bits per heavy atom. The van der Waals surface area contributed by atoms with Gasteiger partial charge in [-0.25, -0.2) is 9.78 Å². The van der Waals surface area contributed by atoms with Crippen LogP contribution >= 0.6 is 11.6 Å². The summed E-state index contributed by atoms with van der Waals surface area (Å²) in [5.74, 6) is -0.926. The molecule has 0 bridgehead atoms. The largest absolute Gasteiger partial charge is 0.488 e. The molecule has 0 saturated heterocycles. The maximum atomic E-state index is 13.5. The third-order valence-electron chi connectivity index (χ3n) is 5.32. The van der Waals surface area contributed by atoms with Crippen LogP contribution in [0.4, 0.5) is 13.2 Å². The van der Waals surface area contributed by atoms with E-state index < -0.39 is 17.7 Å². The Balaban J connectivity index is 1.77. The molecule has 1 heterocycles.